The molecule has 23 atom stereocenters. The molecule has 7 amide bonds. The molecule has 11 bridgehead atoms. The van der Waals surface area contributed by atoms with Crippen LogP contribution in [-0.2, 0) is 68.6 Å². The number of benzene rings is 6. The predicted molar refractivity (Wildman–Crippen MR) is 423 cm³/mol. The Morgan fingerprint density at radius 3 is 1.88 bits per heavy atom. The summed E-state index contributed by atoms with van der Waals surface area (Å²) in [6.45, 7) is 5.27. The molecule has 3 unspecified atom stereocenters. The molecular weight excluding hydrogens is 1680 g/mol. The van der Waals surface area contributed by atoms with Crippen LogP contribution < -0.4 is 68.2 Å². The summed E-state index contributed by atoms with van der Waals surface area (Å²) in [5, 5.41) is 159. The van der Waals surface area contributed by atoms with Gasteiger partial charge in [-0.15, -0.1) is 0 Å². The van der Waals surface area contributed by atoms with E-state index in [1.54, 1.807) is 26.0 Å². The Labute approximate surface area is 708 Å². The van der Waals surface area contributed by atoms with Crippen molar-refractivity contribution in [3.05, 3.63) is 151 Å². The lowest BCUT2D eigenvalue weighted by Gasteiger charge is -2.46. The van der Waals surface area contributed by atoms with Crippen molar-refractivity contribution in [3.63, 3.8) is 0 Å². The lowest BCUT2D eigenvalue weighted by atomic mass is 9.86. The van der Waals surface area contributed by atoms with Crippen LogP contribution in [-0.4, -0.2) is 238 Å². The van der Waals surface area contributed by atoms with Gasteiger partial charge in [-0.1, -0.05) is 78.5 Å². The van der Waals surface area contributed by atoms with Crippen molar-refractivity contribution >= 4 is 93.7 Å². The lowest BCUT2D eigenvalue weighted by Crippen LogP contribution is -2.65. The average molecular weight is 1770 g/mol. The van der Waals surface area contributed by atoms with Crippen LogP contribution in [0.4, 0.5) is 0 Å². The number of hydrogen-bond donors (Lipinski definition) is 22. The molecule has 24 N–H and O–H groups in total. The van der Waals surface area contributed by atoms with Gasteiger partial charge >= 0.3 is 5.97 Å². The van der Waals surface area contributed by atoms with E-state index in [1.807, 2.05) is 0 Å². The zero-order chi connectivity index (χ0) is 87.8. The van der Waals surface area contributed by atoms with Gasteiger partial charge in [0.25, 0.3) is 0 Å². The molecule has 8 heterocycles. The number of nitrogens with one attached hydrogen (secondary N) is 8. The topological polar surface area (TPSA) is 601 Å². The van der Waals surface area contributed by atoms with Gasteiger partial charge in [0.15, 0.2) is 30.1 Å². The van der Waals surface area contributed by atoms with Crippen molar-refractivity contribution < 1.29 is 138 Å². The third-order valence-corrected chi connectivity index (χ3v) is 22.3. The number of hydrogen-bond acceptors (Lipinski definition) is 30. The first kappa shape index (κ1) is 90.6. The standard InChI is InChI=1S/C79H90Cl4N10O28/c1-28(2)12-42(86-5)70(106)92-58-60(99)32-7-10-46(40(82)16-32)115-48-18-34-19-49(67(48)120-78-65(104)63(102)68(51(27-94)118-78)121-77-64(103)62(101)61(100)50(117-77)26-87-25-30-13-35(80)20-36(81)14-30)116-47-11-8-33(17-41(47)83)66(119-53-24-79(4,85)69(105)29(3)114-53)59-75(111)91-57(76(112)113)39-21-37(95)22-45(97)54(39)38-15-31(6-9-44(38)96)55(72(108)93-59)90-73(109)56(34)89-71(107)43(23-52(84)98)88-74(58)110/h6-11,13-22,28-29,42-43,50-51,53,55-66,68-69,77-78,86-87,94-97,99-105H,12,23-27,85H2,1-5H3,(H2,84,98)(H,88,110)(H,89,107)(H,90,109)(H,91,111)(H,92,106)(H,93,108)(H,112,113)/t29-,42+,43?,50+,51+,53-,55+,56+,57?,58?,59-,60+,61-,62-,63+,64+,65+,66+,68+,69-,77-,78-,79-/m0/s1. The lowest BCUT2D eigenvalue weighted by molar-refractivity contribution is -0.350. The van der Waals surface area contributed by atoms with Crippen LogP contribution >= 0.6 is 46.4 Å². The maximum Gasteiger partial charge on any atom is 0.330 e. The highest BCUT2D eigenvalue weighted by atomic mass is 35.5. The third kappa shape index (κ3) is 20.0. The first-order chi connectivity index (χ1) is 57.2. The van der Waals surface area contributed by atoms with Gasteiger partial charge in [-0.05, 0) is 134 Å². The number of rotatable bonds is 19. The van der Waals surface area contributed by atoms with Gasteiger partial charge in [0.05, 0.1) is 41.3 Å². The second-order valence-electron chi connectivity index (χ2n) is 30.7. The minimum Gasteiger partial charge on any atom is -0.508 e. The normalized spacial score (nSPS) is 30.4. The van der Waals surface area contributed by atoms with Crippen LogP contribution in [0.25, 0.3) is 11.1 Å². The van der Waals surface area contributed by atoms with Crippen molar-refractivity contribution in [1.82, 2.24) is 42.5 Å². The predicted octanol–water partition coefficient (Wildman–Crippen LogP) is 1.03. The molecule has 8 aliphatic rings. The Hall–Kier alpha value is -9.60. The molecule has 121 heavy (non-hydrogen) atoms. The Bertz CT molecular complexity index is 4920. The van der Waals surface area contributed by atoms with Crippen LogP contribution in [0.1, 0.15) is 111 Å². The third-order valence-electron chi connectivity index (χ3n) is 21.3. The Kier molecular flexibility index (Phi) is 28.2. The molecule has 14 rings (SSSR count). The number of nitrogens with two attached hydrogens (primary N) is 2. The number of amides is 7. The zero-order valence-corrected chi connectivity index (χ0v) is 67.8. The second kappa shape index (κ2) is 37.6. The first-order valence-electron chi connectivity index (χ1n) is 38.0. The van der Waals surface area contributed by atoms with E-state index >= 15 is 24.0 Å². The summed E-state index contributed by atoms with van der Waals surface area (Å²) in [6, 6.07) is 3.64. The monoisotopic (exact) mass is 1770 g/mol. The fourth-order valence-corrected chi connectivity index (χ4v) is 16.1. The van der Waals surface area contributed by atoms with Crippen molar-refractivity contribution in [1.29, 1.82) is 0 Å². The van der Waals surface area contributed by atoms with E-state index in [0.29, 0.717) is 15.6 Å². The summed E-state index contributed by atoms with van der Waals surface area (Å²) in [4.78, 5) is 120. The van der Waals surface area contributed by atoms with Gasteiger partial charge in [-0.3, -0.25) is 33.6 Å². The van der Waals surface area contributed by atoms with E-state index < -0.39 is 284 Å². The number of primary amides is 1. The van der Waals surface area contributed by atoms with E-state index in [0.717, 1.165) is 66.7 Å². The number of likely N-dealkylation sites (N-methyl/N-ethyl adjacent to an activating group) is 1. The summed E-state index contributed by atoms with van der Waals surface area (Å²) in [5.41, 5.74) is 8.56. The molecule has 6 aromatic carbocycles. The fraction of sp³-hybridized carbons (Fsp3) is 0.443. The summed E-state index contributed by atoms with van der Waals surface area (Å²) >= 11 is 26.9. The van der Waals surface area contributed by atoms with Gasteiger partial charge < -0.3 is 153 Å². The second-order valence-corrected chi connectivity index (χ2v) is 32.4. The van der Waals surface area contributed by atoms with E-state index in [2.05, 4.69) is 42.5 Å². The number of carbonyl (C=O) groups is 8. The summed E-state index contributed by atoms with van der Waals surface area (Å²) in [7, 11) is 1.46. The first-order valence-corrected chi connectivity index (χ1v) is 39.5. The minimum absolute atomic E-state index is 0.0979. The van der Waals surface area contributed by atoms with Crippen LogP contribution in [0.5, 0.6) is 46.0 Å². The number of aliphatic hydroxyl groups is 8. The number of carboxylic acids is 1. The summed E-state index contributed by atoms with van der Waals surface area (Å²) < 4.78 is 51.0. The van der Waals surface area contributed by atoms with Crippen molar-refractivity contribution in [2.24, 2.45) is 17.4 Å². The number of carbonyl (C=O) groups excluding carboxylic acids is 7. The number of halogens is 4. The quantitative estimate of drug-likeness (QED) is 0.0538. The molecule has 0 saturated carbocycles. The number of ether oxygens (including phenoxy) is 8. The molecule has 38 nitrogen and oxygen atoms in total. The van der Waals surface area contributed by atoms with Crippen LogP contribution in [0.3, 0.4) is 0 Å². The molecule has 652 valence electrons. The largest absolute Gasteiger partial charge is 0.508 e. The number of aromatic hydroxyl groups is 3. The molecule has 0 aliphatic carbocycles. The SMILES string of the molecule is CN[C@H](CC(C)C)C(=O)NC1C(=O)NC(CC(N)=O)C(=O)N[C@H]2C(=O)N[C@H]3C(=O)N[C@H](C(=O)NC(C(=O)O)c4cc(O)cc(O)c4-c4cc3ccc4O)[C@H](O[C@H]3C[C@](C)(N)[C@@H](O)[C@H](C)O3)c3ccc(c(Cl)c3)Oc3cc2cc(c3O[C@@H]2O[C@H](CO)[C@@H](O[C@@H]3O[C@H](CNCc4cc(Cl)cc(Cl)c4)[C@H](O)[C@H](O)[C@H]3O)[C@H](O)[C@H]2O)Oc2ccc(cc2Cl)[C@H]1O. The van der Waals surface area contributed by atoms with Crippen LogP contribution in [0.2, 0.25) is 20.1 Å². The van der Waals surface area contributed by atoms with Gasteiger partial charge in [0, 0.05) is 57.9 Å². The Morgan fingerprint density at radius 1 is 0.645 bits per heavy atom. The van der Waals surface area contributed by atoms with Crippen molar-refractivity contribution in [2.75, 3.05) is 20.2 Å². The number of phenols is 3. The number of phenolic OH excluding ortho intramolecular Hbond substituents is 3. The van der Waals surface area contributed by atoms with Crippen LogP contribution in [0, 0.1) is 5.92 Å². The molecule has 42 heteroatoms. The molecule has 8 aliphatic heterocycles. The average Bonchev–Trinajstić information content (AvgIpc) is 0.761. The van der Waals surface area contributed by atoms with Gasteiger partial charge in [-0.25, -0.2) is 4.79 Å². The number of carboxylic acid groups (broad SMARTS) is 1. The fourth-order valence-electron chi connectivity index (χ4n) is 15.1. The molecule has 0 spiro atoms. The van der Waals surface area contributed by atoms with E-state index in [1.165, 1.54) is 39.1 Å². The number of fused-ring (bicyclic) bond motifs is 15. The zero-order valence-electron chi connectivity index (χ0n) is 64.8. The maximum atomic E-state index is 16.4. The number of aliphatic hydroxyl groups excluding tert-OH is 8. The van der Waals surface area contributed by atoms with E-state index in [-0.39, 0.29) is 43.0 Å². The molecule has 0 aromatic heterocycles. The molecule has 0 radical (unpaired) electrons. The highest BCUT2D eigenvalue weighted by molar-refractivity contribution is 6.34. The van der Waals surface area contributed by atoms with Gasteiger partial charge in [-0.2, -0.15) is 0 Å². The number of aliphatic carboxylic acids is 1. The molecular formula is C79H90Cl4N10O28. The highest BCUT2D eigenvalue weighted by Gasteiger charge is 2.53. The molecule has 3 fully saturated rings. The summed E-state index contributed by atoms with van der Waals surface area (Å²) in [5.74, 6) is -16.7. The maximum absolute atomic E-state index is 16.4. The Morgan fingerprint density at radius 2 is 1.26 bits per heavy atom. The van der Waals surface area contributed by atoms with Gasteiger partial charge in [0.1, 0.15) is 120 Å². The van der Waals surface area contributed by atoms with Crippen molar-refractivity contribution in [2.45, 2.75) is 193 Å². The highest BCUT2D eigenvalue weighted by Crippen LogP contribution is 2.50. The van der Waals surface area contributed by atoms with E-state index in [9.17, 15) is 75.7 Å². The Balaban J connectivity index is 1.05. The smallest absolute Gasteiger partial charge is 0.330 e. The summed E-state index contributed by atoms with van der Waals surface area (Å²) in [6.07, 6.45) is -29.3. The van der Waals surface area contributed by atoms with Gasteiger partial charge in [0.2, 0.25) is 53.4 Å². The van der Waals surface area contributed by atoms with Crippen LogP contribution in [0.15, 0.2) is 97.1 Å². The molecule has 6 aromatic rings. The molecule has 3 saturated heterocycles. The minimum atomic E-state index is -2.43. The van der Waals surface area contributed by atoms with E-state index in [4.69, 9.17) is 95.8 Å². The van der Waals surface area contributed by atoms with Crippen molar-refractivity contribution in [3.8, 4) is 57.1 Å².